The normalized spacial score (nSPS) is 14.3. The molecule has 2 aromatic carbocycles. The van der Waals surface area contributed by atoms with E-state index in [1.54, 1.807) is 7.11 Å². The van der Waals surface area contributed by atoms with Crippen LogP contribution in [0.3, 0.4) is 0 Å². The van der Waals surface area contributed by atoms with Crippen molar-refractivity contribution in [3.63, 3.8) is 0 Å². The molecule has 0 atom stereocenters. The van der Waals surface area contributed by atoms with E-state index >= 15 is 0 Å². The number of rotatable bonds is 8. The molecular formula is C23H25NO3S. The fourth-order valence-corrected chi connectivity index (χ4v) is 4.23. The summed E-state index contributed by atoms with van der Waals surface area (Å²) in [5.41, 5.74) is 4.72. The average molecular weight is 396 g/mol. The monoisotopic (exact) mass is 395 g/mol. The molecule has 0 aliphatic carbocycles. The molecule has 0 saturated heterocycles. The second kappa shape index (κ2) is 9.22. The van der Waals surface area contributed by atoms with Crippen LogP contribution in [-0.4, -0.2) is 37.0 Å². The molecule has 0 radical (unpaired) electrons. The number of hydrogen-bond donors (Lipinski definition) is 0. The Bertz CT molecular complexity index is 905. The van der Waals surface area contributed by atoms with Crippen LogP contribution in [0.25, 0.3) is 5.57 Å². The van der Waals surface area contributed by atoms with E-state index in [0.29, 0.717) is 35.8 Å². The summed E-state index contributed by atoms with van der Waals surface area (Å²) in [5, 5.41) is 0. The number of imide groups is 1. The standard InChI is InChI=1S/C23H25NO3S/c1-16-10-11-19(14-17(16)2)20-21(28-15-18-8-5-4-6-9-18)23(26)24(22(20)25)12-7-13-27-3/h4-6,8-11,14H,7,12-13,15H2,1-3H3. The van der Waals surface area contributed by atoms with Crippen molar-refractivity contribution >= 4 is 29.1 Å². The predicted octanol–water partition coefficient (Wildman–Crippen LogP) is 4.35. The topological polar surface area (TPSA) is 46.6 Å². The Labute approximate surface area is 170 Å². The van der Waals surface area contributed by atoms with Crippen LogP contribution in [0.5, 0.6) is 0 Å². The number of hydrogen-bond acceptors (Lipinski definition) is 4. The molecule has 4 nitrogen and oxygen atoms in total. The van der Waals surface area contributed by atoms with E-state index in [4.69, 9.17) is 4.74 Å². The van der Waals surface area contributed by atoms with E-state index in [1.165, 1.54) is 16.7 Å². The van der Waals surface area contributed by atoms with Crippen molar-refractivity contribution in [2.45, 2.75) is 26.0 Å². The number of carbonyl (C=O) groups excluding carboxylic acids is 2. The van der Waals surface area contributed by atoms with Gasteiger partial charge in [0.15, 0.2) is 0 Å². The number of thioether (sulfide) groups is 1. The molecule has 0 aromatic heterocycles. The number of nitrogens with zero attached hydrogens (tertiary/aromatic N) is 1. The van der Waals surface area contributed by atoms with E-state index in [9.17, 15) is 9.59 Å². The summed E-state index contributed by atoms with van der Waals surface area (Å²) in [6, 6.07) is 15.9. The van der Waals surface area contributed by atoms with Crippen molar-refractivity contribution in [1.82, 2.24) is 4.90 Å². The number of benzene rings is 2. The van der Waals surface area contributed by atoms with Crippen LogP contribution in [-0.2, 0) is 20.1 Å². The summed E-state index contributed by atoms with van der Waals surface area (Å²) in [5.74, 6) is 0.241. The van der Waals surface area contributed by atoms with E-state index in [0.717, 1.165) is 22.3 Å². The van der Waals surface area contributed by atoms with Crippen molar-refractivity contribution in [3.05, 3.63) is 75.7 Å². The maximum absolute atomic E-state index is 13.1. The first-order valence-corrected chi connectivity index (χ1v) is 10.3. The highest BCUT2D eigenvalue weighted by atomic mass is 32.2. The maximum Gasteiger partial charge on any atom is 0.267 e. The lowest BCUT2D eigenvalue weighted by atomic mass is 10.0. The minimum absolute atomic E-state index is 0.199. The zero-order chi connectivity index (χ0) is 20.1. The minimum Gasteiger partial charge on any atom is -0.385 e. The van der Waals surface area contributed by atoms with Crippen LogP contribution in [0, 0.1) is 13.8 Å². The zero-order valence-electron chi connectivity index (χ0n) is 16.5. The molecule has 0 fully saturated rings. The Balaban J connectivity index is 1.93. The van der Waals surface area contributed by atoms with Gasteiger partial charge in [-0.05, 0) is 42.5 Å². The van der Waals surface area contributed by atoms with Crippen molar-refractivity contribution in [2.24, 2.45) is 0 Å². The summed E-state index contributed by atoms with van der Waals surface area (Å²) in [4.78, 5) is 28.1. The van der Waals surface area contributed by atoms with Crippen molar-refractivity contribution < 1.29 is 14.3 Å². The highest BCUT2D eigenvalue weighted by Gasteiger charge is 2.38. The quantitative estimate of drug-likeness (QED) is 0.492. The van der Waals surface area contributed by atoms with Crippen LogP contribution in [0.2, 0.25) is 0 Å². The molecule has 1 heterocycles. The fourth-order valence-electron chi connectivity index (χ4n) is 3.14. The molecule has 1 aliphatic rings. The van der Waals surface area contributed by atoms with Crippen molar-refractivity contribution in [1.29, 1.82) is 0 Å². The van der Waals surface area contributed by atoms with Crippen LogP contribution < -0.4 is 0 Å². The van der Waals surface area contributed by atoms with Crippen LogP contribution >= 0.6 is 11.8 Å². The van der Waals surface area contributed by atoms with Gasteiger partial charge in [0.25, 0.3) is 11.8 Å². The van der Waals surface area contributed by atoms with Gasteiger partial charge in [-0.25, -0.2) is 0 Å². The predicted molar refractivity (Wildman–Crippen MR) is 114 cm³/mol. The Morgan fingerprint density at radius 3 is 2.39 bits per heavy atom. The van der Waals surface area contributed by atoms with Gasteiger partial charge in [0, 0.05) is 26.0 Å². The Hall–Kier alpha value is -2.37. The van der Waals surface area contributed by atoms with Crippen molar-refractivity contribution in [3.8, 4) is 0 Å². The summed E-state index contributed by atoms with van der Waals surface area (Å²) < 4.78 is 5.08. The summed E-state index contributed by atoms with van der Waals surface area (Å²) in [7, 11) is 1.62. The zero-order valence-corrected chi connectivity index (χ0v) is 17.3. The molecule has 0 unspecified atom stereocenters. The summed E-state index contributed by atoms with van der Waals surface area (Å²) in [6.45, 7) is 4.95. The summed E-state index contributed by atoms with van der Waals surface area (Å²) in [6.07, 6.45) is 0.630. The van der Waals surface area contributed by atoms with E-state index in [-0.39, 0.29) is 11.8 Å². The lowest BCUT2D eigenvalue weighted by molar-refractivity contribution is -0.136. The lowest BCUT2D eigenvalue weighted by Gasteiger charge is -2.14. The molecule has 0 saturated carbocycles. The Morgan fingerprint density at radius 1 is 0.964 bits per heavy atom. The maximum atomic E-state index is 13.1. The number of carbonyl (C=O) groups is 2. The molecule has 146 valence electrons. The first-order chi connectivity index (χ1) is 13.5. The Morgan fingerprint density at radius 2 is 1.71 bits per heavy atom. The molecule has 3 rings (SSSR count). The number of ether oxygens (including phenoxy) is 1. The minimum atomic E-state index is -0.208. The molecule has 1 aliphatic heterocycles. The molecule has 0 bridgehead atoms. The first-order valence-electron chi connectivity index (χ1n) is 9.36. The van der Waals surface area contributed by atoms with Gasteiger partial charge in [0.05, 0.1) is 10.5 Å². The third-order valence-corrected chi connectivity index (χ3v) is 6.02. The molecule has 0 spiro atoms. The Kier molecular flexibility index (Phi) is 6.70. The largest absolute Gasteiger partial charge is 0.385 e. The van der Waals surface area contributed by atoms with Gasteiger partial charge in [-0.15, -0.1) is 11.8 Å². The highest BCUT2D eigenvalue weighted by Crippen LogP contribution is 2.38. The van der Waals surface area contributed by atoms with Gasteiger partial charge >= 0.3 is 0 Å². The van der Waals surface area contributed by atoms with E-state index in [2.05, 4.69) is 0 Å². The number of aryl methyl sites for hydroxylation is 2. The van der Waals surface area contributed by atoms with Gasteiger partial charge in [-0.3, -0.25) is 14.5 Å². The summed E-state index contributed by atoms with van der Waals surface area (Å²) >= 11 is 1.44. The third kappa shape index (κ3) is 4.37. The molecule has 5 heteroatoms. The number of amides is 2. The van der Waals surface area contributed by atoms with Gasteiger partial charge < -0.3 is 4.74 Å². The van der Waals surface area contributed by atoms with Crippen LogP contribution in [0.15, 0.2) is 53.4 Å². The first kappa shape index (κ1) is 20.4. The van der Waals surface area contributed by atoms with E-state index < -0.39 is 0 Å². The van der Waals surface area contributed by atoms with Gasteiger partial charge in [0.2, 0.25) is 0 Å². The third-order valence-electron chi connectivity index (χ3n) is 4.88. The number of methoxy groups -OCH3 is 1. The smallest absolute Gasteiger partial charge is 0.267 e. The second-order valence-electron chi connectivity index (χ2n) is 6.89. The van der Waals surface area contributed by atoms with Crippen molar-refractivity contribution in [2.75, 3.05) is 20.3 Å². The molecule has 2 aromatic rings. The molecule has 0 N–H and O–H groups in total. The van der Waals surface area contributed by atoms with Gasteiger partial charge in [-0.1, -0.05) is 48.5 Å². The SMILES string of the molecule is COCCCN1C(=O)C(SCc2ccccc2)=C(c2ccc(C)c(C)c2)C1=O. The second-order valence-corrected chi connectivity index (χ2v) is 7.87. The average Bonchev–Trinajstić information content (AvgIpc) is 2.93. The van der Waals surface area contributed by atoms with Crippen LogP contribution in [0.4, 0.5) is 0 Å². The highest BCUT2D eigenvalue weighted by molar-refractivity contribution is 8.03. The van der Waals surface area contributed by atoms with E-state index in [1.807, 2.05) is 62.4 Å². The van der Waals surface area contributed by atoms with Gasteiger partial charge in [-0.2, -0.15) is 0 Å². The fraction of sp³-hybridized carbons (Fsp3) is 0.304. The molecule has 2 amide bonds. The lowest BCUT2D eigenvalue weighted by Crippen LogP contribution is -2.33. The molecule has 28 heavy (non-hydrogen) atoms. The molecular weight excluding hydrogens is 370 g/mol. The van der Waals surface area contributed by atoms with Crippen LogP contribution in [0.1, 0.15) is 28.7 Å². The van der Waals surface area contributed by atoms with Gasteiger partial charge in [0.1, 0.15) is 0 Å².